The number of non-ortho nitro benzene ring substituents is 1. The van der Waals surface area contributed by atoms with Crippen molar-refractivity contribution in [3.63, 3.8) is 0 Å². The Morgan fingerprint density at radius 3 is 2.65 bits per heavy atom. The summed E-state index contributed by atoms with van der Waals surface area (Å²) in [6.45, 7) is 2.48. The van der Waals surface area contributed by atoms with Crippen molar-refractivity contribution in [3.8, 4) is 16.3 Å². The zero-order valence-corrected chi connectivity index (χ0v) is 22.7. The molecular weight excluding hydrogens is 518 g/mol. The van der Waals surface area contributed by atoms with Crippen LogP contribution in [0, 0.1) is 23.0 Å². The Labute approximate surface area is 236 Å². The summed E-state index contributed by atoms with van der Waals surface area (Å²) in [7, 11) is 0. The molecule has 5 aromatic rings. The van der Waals surface area contributed by atoms with Crippen molar-refractivity contribution in [2.45, 2.75) is 31.9 Å². The number of nitrogens with one attached hydrogen (secondary N) is 1. The number of aryl methyl sites for hydroxylation is 1. The molecule has 2 aliphatic rings. The highest BCUT2D eigenvalue weighted by atomic mass is 32.1. The van der Waals surface area contributed by atoms with E-state index in [4.69, 9.17) is 9.72 Å². The van der Waals surface area contributed by atoms with Crippen molar-refractivity contribution in [1.29, 1.82) is 0 Å². The number of allylic oxidation sites excluding steroid dienone is 2. The first-order valence-corrected chi connectivity index (χ1v) is 14.2. The van der Waals surface area contributed by atoms with Gasteiger partial charge in [-0.3, -0.25) is 10.1 Å². The molecule has 0 amide bonds. The highest BCUT2D eigenvalue weighted by Crippen LogP contribution is 2.50. The van der Waals surface area contributed by atoms with Gasteiger partial charge in [-0.25, -0.2) is 4.98 Å². The van der Waals surface area contributed by atoms with E-state index in [2.05, 4.69) is 72.9 Å². The lowest BCUT2D eigenvalue weighted by Crippen LogP contribution is -2.29. The number of nitro benzene ring substituents is 1. The number of nitro groups is 1. The van der Waals surface area contributed by atoms with Crippen LogP contribution < -0.4 is 10.1 Å². The molecule has 7 rings (SSSR count). The third-order valence-corrected chi connectivity index (χ3v) is 9.01. The minimum Gasteiger partial charge on any atom is -0.489 e. The minimum absolute atomic E-state index is 0.0809. The van der Waals surface area contributed by atoms with Gasteiger partial charge in [0.2, 0.25) is 0 Å². The Bertz CT molecular complexity index is 1760. The summed E-state index contributed by atoms with van der Waals surface area (Å²) in [5, 5.41) is 15.8. The van der Waals surface area contributed by atoms with Gasteiger partial charge in [0.1, 0.15) is 17.4 Å². The second kappa shape index (κ2) is 9.92. The minimum atomic E-state index is -0.395. The van der Waals surface area contributed by atoms with Crippen LogP contribution in [0.1, 0.15) is 40.6 Å². The summed E-state index contributed by atoms with van der Waals surface area (Å²) in [4.78, 5) is 15.4. The number of hydrogen-bond donors (Lipinski definition) is 1. The molecule has 0 saturated carbocycles. The van der Waals surface area contributed by atoms with Crippen molar-refractivity contribution in [2.75, 3.05) is 5.32 Å². The van der Waals surface area contributed by atoms with Gasteiger partial charge in [-0.1, -0.05) is 30.4 Å². The van der Waals surface area contributed by atoms with Crippen molar-refractivity contribution < 1.29 is 9.66 Å². The van der Waals surface area contributed by atoms with E-state index in [0.29, 0.717) is 18.4 Å². The molecule has 1 aromatic heterocycles. The Morgan fingerprint density at radius 1 is 1.02 bits per heavy atom. The third kappa shape index (κ3) is 4.52. The molecular formula is C33H27N3O3S. The maximum absolute atomic E-state index is 10.9. The summed E-state index contributed by atoms with van der Waals surface area (Å²) in [5.74, 6) is 1.57. The van der Waals surface area contributed by atoms with Crippen molar-refractivity contribution in [2.24, 2.45) is 5.92 Å². The Morgan fingerprint density at radius 2 is 1.85 bits per heavy atom. The Balaban J connectivity index is 1.10. The van der Waals surface area contributed by atoms with E-state index in [1.54, 1.807) is 23.5 Å². The first-order chi connectivity index (χ1) is 19.5. The largest absolute Gasteiger partial charge is 0.489 e. The predicted octanol–water partition coefficient (Wildman–Crippen LogP) is 8.59. The zero-order chi connectivity index (χ0) is 27.2. The van der Waals surface area contributed by atoms with Crippen molar-refractivity contribution in [1.82, 2.24) is 4.98 Å². The lowest BCUT2D eigenvalue weighted by molar-refractivity contribution is -0.384. The van der Waals surface area contributed by atoms with Gasteiger partial charge >= 0.3 is 0 Å². The summed E-state index contributed by atoms with van der Waals surface area (Å²) in [5.41, 5.74) is 8.21. The topological polar surface area (TPSA) is 77.3 Å². The summed E-state index contributed by atoms with van der Waals surface area (Å²) in [6, 6.07) is 28.1. The normalized spacial score (nSPS) is 19.2. The van der Waals surface area contributed by atoms with E-state index in [1.807, 2.05) is 12.1 Å². The molecule has 1 N–H and O–H groups in total. The summed E-state index contributed by atoms with van der Waals surface area (Å²) < 4.78 is 7.18. The number of aromatic nitrogens is 1. The standard InChI is InChI=1S/C33H27N3O3S/c1-20-5-15-30-31(17-20)40-33(35-30)23-10-16-29-28(18-23)26-3-2-4-27(26)32(34-29)22-8-13-25(14-9-22)39-19-21-6-11-24(12-7-21)36(37)38/h2-3,5-18,26-27,32,34H,4,19H2,1H3/t26-,27+,32+/m1/s1. The zero-order valence-electron chi connectivity index (χ0n) is 21.9. The maximum atomic E-state index is 10.9. The number of benzene rings is 4. The first kappa shape index (κ1) is 24.5. The molecule has 0 bridgehead atoms. The number of thiazole rings is 1. The van der Waals surface area contributed by atoms with Gasteiger partial charge in [0.15, 0.2) is 0 Å². The Kier molecular flexibility index (Phi) is 6.09. The predicted molar refractivity (Wildman–Crippen MR) is 160 cm³/mol. The molecule has 7 heteroatoms. The molecule has 4 aromatic carbocycles. The number of nitrogens with zero attached hydrogens (tertiary/aromatic N) is 2. The van der Waals surface area contributed by atoms with Gasteiger partial charge < -0.3 is 10.1 Å². The Hall–Kier alpha value is -4.49. The third-order valence-electron chi connectivity index (χ3n) is 7.95. The quantitative estimate of drug-likeness (QED) is 0.131. The van der Waals surface area contributed by atoms with Gasteiger partial charge in [-0.15, -0.1) is 11.3 Å². The molecule has 198 valence electrons. The molecule has 0 radical (unpaired) electrons. The van der Waals surface area contributed by atoms with Gasteiger partial charge in [0.05, 0.1) is 21.2 Å². The number of hydrogen-bond acceptors (Lipinski definition) is 6. The highest BCUT2D eigenvalue weighted by Gasteiger charge is 2.38. The van der Waals surface area contributed by atoms with Crippen LogP contribution in [-0.2, 0) is 6.61 Å². The van der Waals surface area contributed by atoms with E-state index in [1.165, 1.54) is 44.8 Å². The van der Waals surface area contributed by atoms with Gasteiger partial charge in [-0.2, -0.15) is 0 Å². The van der Waals surface area contributed by atoms with E-state index < -0.39 is 4.92 Å². The van der Waals surface area contributed by atoms with E-state index in [-0.39, 0.29) is 11.7 Å². The van der Waals surface area contributed by atoms with E-state index in [9.17, 15) is 10.1 Å². The molecule has 0 fully saturated rings. The summed E-state index contributed by atoms with van der Waals surface area (Å²) in [6.07, 6.45) is 5.71. The molecule has 0 spiro atoms. The fourth-order valence-corrected chi connectivity index (χ4v) is 6.92. The van der Waals surface area contributed by atoms with Gasteiger partial charge in [0, 0.05) is 29.3 Å². The molecule has 1 aliphatic heterocycles. The SMILES string of the molecule is Cc1ccc2nc(-c3ccc4c(c3)[C@@H]3C=CC[C@@H]3[C@H](c3ccc(OCc5ccc([N+](=O)[O-])cc5)cc3)N4)sc2c1. The average Bonchev–Trinajstić information content (AvgIpc) is 3.64. The number of rotatable bonds is 6. The number of anilines is 1. The molecule has 1 aliphatic carbocycles. The smallest absolute Gasteiger partial charge is 0.269 e. The van der Waals surface area contributed by atoms with Crippen LogP contribution in [0.3, 0.4) is 0 Å². The fraction of sp³-hybridized carbons (Fsp3) is 0.182. The molecule has 0 unspecified atom stereocenters. The van der Waals surface area contributed by atoms with Crippen molar-refractivity contribution >= 4 is 32.9 Å². The van der Waals surface area contributed by atoms with E-state index >= 15 is 0 Å². The van der Waals surface area contributed by atoms with Crippen LogP contribution in [-0.4, -0.2) is 9.91 Å². The van der Waals surface area contributed by atoms with Crippen molar-refractivity contribution in [3.05, 3.63) is 129 Å². The monoisotopic (exact) mass is 545 g/mol. The lowest BCUT2D eigenvalue weighted by atomic mass is 9.76. The summed E-state index contributed by atoms with van der Waals surface area (Å²) >= 11 is 1.75. The average molecular weight is 546 g/mol. The first-order valence-electron chi connectivity index (χ1n) is 13.4. The van der Waals surface area contributed by atoms with Crippen LogP contribution >= 0.6 is 11.3 Å². The maximum Gasteiger partial charge on any atom is 0.269 e. The molecule has 2 heterocycles. The second-order valence-electron chi connectivity index (χ2n) is 10.5. The van der Waals surface area contributed by atoms with Crippen LogP contribution in [0.15, 0.2) is 97.1 Å². The molecule has 3 atom stereocenters. The van der Waals surface area contributed by atoms with Crippen LogP contribution in [0.4, 0.5) is 11.4 Å². The fourth-order valence-electron chi connectivity index (χ4n) is 5.86. The van der Waals surface area contributed by atoms with Crippen LogP contribution in [0.2, 0.25) is 0 Å². The van der Waals surface area contributed by atoms with Crippen LogP contribution in [0.25, 0.3) is 20.8 Å². The second-order valence-corrected chi connectivity index (χ2v) is 11.6. The van der Waals surface area contributed by atoms with Gasteiger partial charge in [0.25, 0.3) is 5.69 Å². The van der Waals surface area contributed by atoms with Gasteiger partial charge in [-0.05, 0) is 96.1 Å². The van der Waals surface area contributed by atoms with E-state index in [0.717, 1.165) is 28.3 Å². The molecule has 6 nitrogen and oxygen atoms in total. The number of fused-ring (bicyclic) bond motifs is 4. The highest BCUT2D eigenvalue weighted by molar-refractivity contribution is 7.21. The van der Waals surface area contributed by atoms with Crippen LogP contribution in [0.5, 0.6) is 5.75 Å². The molecule has 40 heavy (non-hydrogen) atoms. The lowest BCUT2D eigenvalue weighted by Gasteiger charge is -2.37. The molecule has 0 saturated heterocycles. The number of ether oxygens (including phenoxy) is 1.